The number of carbonyl (C=O) groups excluding carboxylic acids is 1. The minimum Gasteiger partial charge on any atom is -0.391 e. The molecular formula is C63H124N2O6P+. The number of allylic oxidation sites excluding steroid dienone is 6. The van der Waals surface area contributed by atoms with Gasteiger partial charge in [-0.15, -0.1) is 0 Å². The third-order valence-electron chi connectivity index (χ3n) is 14.4. The fourth-order valence-corrected chi connectivity index (χ4v) is 10.2. The van der Waals surface area contributed by atoms with Crippen molar-refractivity contribution < 1.29 is 32.9 Å². The number of nitrogens with zero attached hydrogens (tertiary/aromatic N) is 1. The summed E-state index contributed by atoms with van der Waals surface area (Å²) < 4.78 is 23.8. The highest BCUT2D eigenvalue weighted by molar-refractivity contribution is 7.47. The Morgan fingerprint density at radius 1 is 0.472 bits per heavy atom. The maximum Gasteiger partial charge on any atom is 0.472 e. The lowest BCUT2D eigenvalue weighted by molar-refractivity contribution is -0.870. The molecule has 0 spiro atoms. The molecule has 9 heteroatoms. The molecule has 0 aromatic rings. The average Bonchev–Trinajstić information content (AvgIpc) is 3.34. The van der Waals surface area contributed by atoms with E-state index in [1.54, 1.807) is 0 Å². The normalized spacial score (nSPS) is 14.0. The van der Waals surface area contributed by atoms with Gasteiger partial charge >= 0.3 is 7.82 Å². The van der Waals surface area contributed by atoms with Gasteiger partial charge < -0.3 is 19.8 Å². The second-order valence-electron chi connectivity index (χ2n) is 22.8. The lowest BCUT2D eigenvalue weighted by Crippen LogP contribution is -2.46. The molecule has 0 aromatic carbocycles. The van der Waals surface area contributed by atoms with Gasteiger partial charge in [0, 0.05) is 6.42 Å². The van der Waals surface area contributed by atoms with Crippen molar-refractivity contribution >= 4 is 13.7 Å². The number of hydrogen-bond donors (Lipinski definition) is 3. The Bertz CT molecular complexity index is 1270. The van der Waals surface area contributed by atoms with E-state index in [9.17, 15) is 19.4 Å². The number of unbranched alkanes of at least 4 members (excludes halogenated alkanes) is 39. The number of phosphoric acid groups is 1. The molecule has 3 unspecified atom stereocenters. The van der Waals surface area contributed by atoms with Gasteiger partial charge in [-0.25, -0.2) is 4.57 Å². The molecule has 426 valence electrons. The number of aliphatic hydroxyl groups excluding tert-OH is 1. The van der Waals surface area contributed by atoms with E-state index in [-0.39, 0.29) is 19.1 Å². The van der Waals surface area contributed by atoms with E-state index in [1.165, 1.54) is 231 Å². The fraction of sp³-hybridized carbons (Fsp3) is 0.889. The summed E-state index contributed by atoms with van der Waals surface area (Å²) in [4.78, 5) is 23.4. The lowest BCUT2D eigenvalue weighted by Gasteiger charge is -2.26. The van der Waals surface area contributed by atoms with Gasteiger partial charge in [0.25, 0.3) is 0 Å². The highest BCUT2D eigenvalue weighted by Gasteiger charge is 2.28. The van der Waals surface area contributed by atoms with Crippen LogP contribution in [0.15, 0.2) is 36.5 Å². The van der Waals surface area contributed by atoms with Crippen LogP contribution in [0.2, 0.25) is 0 Å². The topological polar surface area (TPSA) is 105 Å². The first-order valence-corrected chi connectivity index (χ1v) is 32.8. The Kier molecular flexibility index (Phi) is 53.5. The molecule has 0 saturated carbocycles. The molecule has 72 heavy (non-hydrogen) atoms. The monoisotopic (exact) mass is 1040 g/mol. The Labute approximate surface area is 448 Å². The summed E-state index contributed by atoms with van der Waals surface area (Å²) in [6.45, 7) is 4.92. The van der Waals surface area contributed by atoms with Crippen LogP contribution in [0.3, 0.4) is 0 Å². The van der Waals surface area contributed by atoms with Gasteiger partial charge in [0.15, 0.2) is 0 Å². The van der Waals surface area contributed by atoms with E-state index in [2.05, 4.69) is 55.6 Å². The number of phosphoric ester groups is 1. The highest BCUT2D eigenvalue weighted by atomic mass is 31.2. The van der Waals surface area contributed by atoms with Crippen LogP contribution in [-0.2, 0) is 18.4 Å². The van der Waals surface area contributed by atoms with Crippen molar-refractivity contribution in [2.24, 2.45) is 0 Å². The molecule has 0 heterocycles. The van der Waals surface area contributed by atoms with Gasteiger partial charge in [-0.1, -0.05) is 288 Å². The van der Waals surface area contributed by atoms with E-state index in [0.29, 0.717) is 23.9 Å². The van der Waals surface area contributed by atoms with Gasteiger partial charge in [0.1, 0.15) is 13.2 Å². The van der Waals surface area contributed by atoms with Crippen molar-refractivity contribution in [2.75, 3.05) is 40.9 Å². The zero-order valence-electron chi connectivity index (χ0n) is 48.7. The van der Waals surface area contributed by atoms with Gasteiger partial charge in [0.05, 0.1) is 39.9 Å². The number of aliphatic hydroxyl groups is 1. The standard InChI is InChI=1S/C63H123N2O6P/c1-6-8-10-12-14-16-18-20-22-24-26-27-28-29-30-31-32-33-34-35-36-37-39-41-43-45-47-49-51-53-55-57-63(67)64-61(60-71-72(68,69)70-59-58-65(3,4)5)62(66)56-54-52-50-48-46-44-42-40-38-25-23-21-19-17-15-13-11-9-7-2/h18,20,24,26,28-29,61-62,66H,6-17,19,21-23,25,27,30-60H2,1-5H3,(H-,64,67,68,69)/p+1/b20-18-,26-24-,29-28-. The predicted octanol–water partition coefficient (Wildman–Crippen LogP) is 19.3. The van der Waals surface area contributed by atoms with Crippen molar-refractivity contribution in [2.45, 2.75) is 321 Å². The maximum atomic E-state index is 13.0. The Balaban J connectivity index is 4.06. The van der Waals surface area contributed by atoms with Gasteiger partial charge in [0.2, 0.25) is 5.91 Å². The van der Waals surface area contributed by atoms with E-state index in [0.717, 1.165) is 51.4 Å². The number of amides is 1. The minimum atomic E-state index is -4.32. The Morgan fingerprint density at radius 3 is 1.15 bits per heavy atom. The molecule has 0 saturated heterocycles. The zero-order valence-corrected chi connectivity index (χ0v) is 49.6. The summed E-state index contributed by atoms with van der Waals surface area (Å²) in [6, 6.07) is -0.760. The summed E-state index contributed by atoms with van der Waals surface area (Å²) in [7, 11) is 1.63. The number of likely N-dealkylation sites (N-methyl/N-ethyl adjacent to an activating group) is 1. The highest BCUT2D eigenvalue weighted by Crippen LogP contribution is 2.43. The molecule has 1 amide bonds. The molecule has 0 bridgehead atoms. The maximum absolute atomic E-state index is 13.0. The molecule has 0 aliphatic carbocycles. The summed E-state index contributed by atoms with van der Waals surface area (Å²) >= 11 is 0. The minimum absolute atomic E-state index is 0.0760. The smallest absolute Gasteiger partial charge is 0.391 e. The van der Waals surface area contributed by atoms with Crippen LogP contribution < -0.4 is 5.32 Å². The van der Waals surface area contributed by atoms with Gasteiger partial charge in [-0.3, -0.25) is 13.8 Å². The Hall–Kier alpha value is -1.28. The van der Waals surface area contributed by atoms with Crippen LogP contribution in [-0.4, -0.2) is 73.4 Å². The Morgan fingerprint density at radius 2 is 0.792 bits per heavy atom. The summed E-state index contributed by atoms with van der Waals surface area (Å²) in [6.07, 6.45) is 70.7. The number of nitrogens with one attached hydrogen (secondary N) is 1. The average molecular weight is 1040 g/mol. The van der Waals surface area contributed by atoms with Crippen LogP contribution in [0, 0.1) is 0 Å². The quantitative estimate of drug-likeness (QED) is 0.0243. The van der Waals surface area contributed by atoms with Crippen molar-refractivity contribution in [1.82, 2.24) is 5.32 Å². The van der Waals surface area contributed by atoms with E-state index < -0.39 is 20.0 Å². The van der Waals surface area contributed by atoms with E-state index in [1.807, 2.05) is 21.1 Å². The molecule has 0 aliphatic rings. The second kappa shape index (κ2) is 54.5. The molecule has 3 atom stereocenters. The summed E-state index contributed by atoms with van der Waals surface area (Å²) in [5.74, 6) is -0.140. The van der Waals surface area contributed by atoms with Gasteiger partial charge in [-0.05, 0) is 51.4 Å². The first-order valence-electron chi connectivity index (χ1n) is 31.4. The van der Waals surface area contributed by atoms with E-state index in [4.69, 9.17) is 9.05 Å². The van der Waals surface area contributed by atoms with Crippen molar-refractivity contribution in [3.63, 3.8) is 0 Å². The van der Waals surface area contributed by atoms with E-state index >= 15 is 0 Å². The summed E-state index contributed by atoms with van der Waals surface area (Å²) in [5.41, 5.74) is 0. The molecule has 0 fully saturated rings. The predicted molar refractivity (Wildman–Crippen MR) is 314 cm³/mol. The molecular weight excluding hydrogens is 912 g/mol. The lowest BCUT2D eigenvalue weighted by atomic mass is 10.0. The van der Waals surface area contributed by atoms with Crippen molar-refractivity contribution in [3.05, 3.63) is 36.5 Å². The molecule has 0 radical (unpaired) electrons. The van der Waals surface area contributed by atoms with Crippen LogP contribution >= 0.6 is 7.82 Å². The largest absolute Gasteiger partial charge is 0.472 e. The number of carbonyl (C=O) groups is 1. The van der Waals surface area contributed by atoms with Crippen LogP contribution in [0.1, 0.15) is 309 Å². The van der Waals surface area contributed by atoms with Crippen LogP contribution in [0.5, 0.6) is 0 Å². The van der Waals surface area contributed by atoms with Gasteiger partial charge in [-0.2, -0.15) is 0 Å². The van der Waals surface area contributed by atoms with Crippen molar-refractivity contribution in [3.8, 4) is 0 Å². The third kappa shape index (κ3) is 56.4. The SMILES string of the molecule is CCCCCCC/C=C\C/C=C\C/C=C\CCCCCCCCCCCCCCCCCCC(=O)NC(COP(=O)(O)OCC[N+](C)(C)C)C(O)CCCCCCCCCCCCCCCCCCCCC. The fourth-order valence-electron chi connectivity index (χ4n) is 9.47. The molecule has 0 aliphatic heterocycles. The van der Waals surface area contributed by atoms with Crippen molar-refractivity contribution in [1.29, 1.82) is 0 Å². The molecule has 0 aromatic heterocycles. The first kappa shape index (κ1) is 70.7. The van der Waals surface area contributed by atoms with Crippen LogP contribution in [0.4, 0.5) is 0 Å². The molecule has 8 nitrogen and oxygen atoms in total. The molecule has 0 rings (SSSR count). The molecule has 3 N–H and O–H groups in total. The number of hydrogen-bond acceptors (Lipinski definition) is 5. The summed E-state index contributed by atoms with van der Waals surface area (Å²) in [5, 5.41) is 14.1. The second-order valence-corrected chi connectivity index (χ2v) is 24.2. The zero-order chi connectivity index (χ0) is 52.7. The third-order valence-corrected chi connectivity index (χ3v) is 15.4. The first-order chi connectivity index (χ1) is 35.0. The number of quaternary nitrogens is 1. The number of rotatable bonds is 58. The van der Waals surface area contributed by atoms with Crippen LogP contribution in [0.25, 0.3) is 0 Å².